The fourth-order valence-corrected chi connectivity index (χ4v) is 4.30. The number of esters is 1. The highest BCUT2D eigenvalue weighted by Crippen LogP contribution is 2.56. The third-order valence-corrected chi connectivity index (χ3v) is 5.72. The largest absolute Gasteiger partial charge is 0.497 e. The highest BCUT2D eigenvalue weighted by atomic mass is 16.7. The van der Waals surface area contributed by atoms with E-state index in [1.165, 1.54) is 7.11 Å². The maximum absolute atomic E-state index is 12.8. The summed E-state index contributed by atoms with van der Waals surface area (Å²) in [6.45, 7) is 0.130. The van der Waals surface area contributed by atoms with Crippen LogP contribution < -0.4 is 23.7 Å². The van der Waals surface area contributed by atoms with E-state index in [0.29, 0.717) is 28.7 Å². The summed E-state index contributed by atoms with van der Waals surface area (Å²) in [4.78, 5) is 12.8. The standard InChI is InChI=1S/C21H20O8/c1-23-11-4-5-12(14(6-11)24-2)18-13-7-16-17(28-10-27-16)8-15(13)29-21(25-3)9-26-20(22)19(18)21/h4-8,18-19H,9-10H2,1-3H3. The van der Waals surface area contributed by atoms with Gasteiger partial charge in [-0.05, 0) is 12.1 Å². The first-order chi connectivity index (χ1) is 14.1. The highest BCUT2D eigenvalue weighted by Gasteiger charge is 2.61. The van der Waals surface area contributed by atoms with Gasteiger partial charge in [0.05, 0.1) is 14.2 Å². The molecule has 0 spiro atoms. The van der Waals surface area contributed by atoms with Crippen molar-refractivity contribution in [1.82, 2.24) is 0 Å². The second-order valence-corrected chi connectivity index (χ2v) is 7.03. The Bertz CT molecular complexity index is 987. The molecule has 3 aliphatic heterocycles. The molecule has 8 nitrogen and oxygen atoms in total. The van der Waals surface area contributed by atoms with E-state index in [4.69, 9.17) is 33.2 Å². The second-order valence-electron chi connectivity index (χ2n) is 7.03. The average Bonchev–Trinajstić information content (AvgIpc) is 3.34. The molecule has 5 rings (SSSR count). The van der Waals surface area contributed by atoms with Gasteiger partial charge in [-0.2, -0.15) is 0 Å². The number of rotatable bonds is 4. The molecule has 0 amide bonds. The van der Waals surface area contributed by atoms with E-state index in [0.717, 1.165) is 11.1 Å². The van der Waals surface area contributed by atoms with Gasteiger partial charge in [-0.25, -0.2) is 0 Å². The SMILES string of the molecule is COc1ccc(C2c3cc4c(cc3OC3(OC)COC(=O)C23)OCO4)c(OC)c1. The molecule has 3 unspecified atom stereocenters. The maximum Gasteiger partial charge on any atom is 0.317 e. The smallest absolute Gasteiger partial charge is 0.317 e. The summed E-state index contributed by atoms with van der Waals surface area (Å²) in [5.74, 6) is 0.173. The Morgan fingerprint density at radius 2 is 1.72 bits per heavy atom. The molecule has 0 N–H and O–H groups in total. The molecule has 2 aromatic rings. The highest BCUT2D eigenvalue weighted by molar-refractivity contribution is 5.80. The number of carbonyl (C=O) groups excluding carboxylic acids is 1. The molecular formula is C21H20O8. The van der Waals surface area contributed by atoms with Crippen molar-refractivity contribution >= 4 is 5.97 Å². The number of hydrogen-bond donors (Lipinski definition) is 0. The molecule has 152 valence electrons. The van der Waals surface area contributed by atoms with Crippen LogP contribution in [0.1, 0.15) is 17.0 Å². The van der Waals surface area contributed by atoms with Gasteiger partial charge in [0.1, 0.15) is 23.2 Å². The van der Waals surface area contributed by atoms with Crippen LogP contribution in [0.4, 0.5) is 0 Å². The van der Waals surface area contributed by atoms with Crippen molar-refractivity contribution in [3.8, 4) is 28.7 Å². The molecule has 1 fully saturated rings. The van der Waals surface area contributed by atoms with Gasteiger partial charge in [0.15, 0.2) is 18.1 Å². The summed E-state index contributed by atoms with van der Waals surface area (Å²) in [5.41, 5.74) is 1.57. The van der Waals surface area contributed by atoms with Gasteiger partial charge < -0.3 is 33.2 Å². The zero-order chi connectivity index (χ0) is 20.2. The summed E-state index contributed by atoms with van der Waals surface area (Å²) >= 11 is 0. The Morgan fingerprint density at radius 3 is 2.45 bits per heavy atom. The monoisotopic (exact) mass is 400 g/mol. The van der Waals surface area contributed by atoms with Crippen LogP contribution in [0.15, 0.2) is 30.3 Å². The third-order valence-electron chi connectivity index (χ3n) is 5.72. The first kappa shape index (κ1) is 17.9. The maximum atomic E-state index is 12.8. The lowest BCUT2D eigenvalue weighted by atomic mass is 9.74. The number of carbonyl (C=O) groups is 1. The van der Waals surface area contributed by atoms with Gasteiger partial charge in [-0.3, -0.25) is 4.79 Å². The van der Waals surface area contributed by atoms with Gasteiger partial charge >= 0.3 is 5.97 Å². The van der Waals surface area contributed by atoms with Crippen LogP contribution in [0.3, 0.4) is 0 Å². The zero-order valence-corrected chi connectivity index (χ0v) is 16.2. The van der Waals surface area contributed by atoms with Gasteiger partial charge in [0, 0.05) is 36.3 Å². The fourth-order valence-electron chi connectivity index (χ4n) is 4.30. The molecule has 0 bridgehead atoms. The molecule has 0 saturated carbocycles. The third kappa shape index (κ3) is 2.52. The first-order valence-corrected chi connectivity index (χ1v) is 9.16. The van der Waals surface area contributed by atoms with Crippen molar-refractivity contribution in [2.45, 2.75) is 11.7 Å². The Morgan fingerprint density at radius 1 is 0.931 bits per heavy atom. The number of fused-ring (bicyclic) bond motifs is 3. The topological polar surface area (TPSA) is 81.7 Å². The normalized spacial score (nSPS) is 26.2. The van der Waals surface area contributed by atoms with Crippen LogP contribution >= 0.6 is 0 Å². The van der Waals surface area contributed by atoms with E-state index in [9.17, 15) is 4.79 Å². The van der Waals surface area contributed by atoms with Crippen molar-refractivity contribution in [2.75, 3.05) is 34.7 Å². The molecule has 29 heavy (non-hydrogen) atoms. The Hall–Kier alpha value is -3.13. The molecule has 2 aromatic carbocycles. The first-order valence-electron chi connectivity index (χ1n) is 9.16. The molecule has 8 heteroatoms. The van der Waals surface area contributed by atoms with Crippen molar-refractivity contribution < 1.29 is 38.0 Å². The molecule has 3 heterocycles. The number of benzene rings is 2. The molecular weight excluding hydrogens is 380 g/mol. The van der Waals surface area contributed by atoms with E-state index in [-0.39, 0.29) is 13.4 Å². The van der Waals surface area contributed by atoms with Crippen LogP contribution in [0.2, 0.25) is 0 Å². The fraction of sp³-hybridized carbons (Fsp3) is 0.381. The predicted molar refractivity (Wildman–Crippen MR) is 98.8 cm³/mol. The van der Waals surface area contributed by atoms with Crippen LogP contribution in [0.25, 0.3) is 0 Å². The molecule has 0 aromatic heterocycles. The molecule has 1 saturated heterocycles. The van der Waals surface area contributed by atoms with Gasteiger partial charge in [0.25, 0.3) is 5.79 Å². The summed E-state index contributed by atoms with van der Waals surface area (Å²) < 4.78 is 39.3. The minimum atomic E-state index is -1.24. The predicted octanol–water partition coefficient (Wildman–Crippen LogP) is 2.47. The Labute approximate surface area is 167 Å². The lowest BCUT2D eigenvalue weighted by Gasteiger charge is -2.41. The number of methoxy groups -OCH3 is 3. The Balaban J connectivity index is 1.75. The van der Waals surface area contributed by atoms with E-state index in [1.807, 2.05) is 18.2 Å². The summed E-state index contributed by atoms with van der Waals surface area (Å²) in [7, 11) is 4.67. The van der Waals surface area contributed by atoms with E-state index >= 15 is 0 Å². The van der Waals surface area contributed by atoms with Crippen molar-refractivity contribution in [2.24, 2.45) is 5.92 Å². The van der Waals surface area contributed by atoms with Crippen molar-refractivity contribution in [3.05, 3.63) is 41.5 Å². The van der Waals surface area contributed by atoms with E-state index < -0.39 is 23.6 Å². The number of ether oxygens (including phenoxy) is 7. The quantitative estimate of drug-likeness (QED) is 0.724. The van der Waals surface area contributed by atoms with Crippen molar-refractivity contribution in [3.63, 3.8) is 0 Å². The second kappa shape index (κ2) is 6.45. The lowest BCUT2D eigenvalue weighted by molar-refractivity contribution is -0.195. The summed E-state index contributed by atoms with van der Waals surface area (Å²) in [5, 5.41) is 0. The molecule has 3 aliphatic rings. The lowest BCUT2D eigenvalue weighted by Crippen LogP contribution is -2.51. The zero-order valence-electron chi connectivity index (χ0n) is 16.2. The van der Waals surface area contributed by atoms with Crippen LogP contribution in [-0.4, -0.2) is 46.5 Å². The van der Waals surface area contributed by atoms with Crippen LogP contribution in [0, 0.1) is 5.92 Å². The molecule has 0 radical (unpaired) electrons. The van der Waals surface area contributed by atoms with Crippen LogP contribution in [-0.2, 0) is 14.3 Å². The number of hydrogen-bond acceptors (Lipinski definition) is 8. The Kier molecular flexibility index (Phi) is 3.99. The van der Waals surface area contributed by atoms with Gasteiger partial charge in [-0.1, -0.05) is 6.07 Å². The number of cyclic esters (lactones) is 1. The average molecular weight is 400 g/mol. The van der Waals surface area contributed by atoms with Crippen LogP contribution in [0.5, 0.6) is 28.7 Å². The van der Waals surface area contributed by atoms with Gasteiger partial charge in [-0.15, -0.1) is 0 Å². The minimum Gasteiger partial charge on any atom is -0.497 e. The molecule has 0 aliphatic carbocycles. The van der Waals surface area contributed by atoms with E-state index in [1.54, 1.807) is 26.4 Å². The summed E-state index contributed by atoms with van der Waals surface area (Å²) in [6.07, 6.45) is 0. The molecule has 3 atom stereocenters. The van der Waals surface area contributed by atoms with Gasteiger partial charge in [0.2, 0.25) is 6.79 Å². The summed E-state index contributed by atoms with van der Waals surface area (Å²) in [6, 6.07) is 9.10. The van der Waals surface area contributed by atoms with E-state index in [2.05, 4.69) is 0 Å². The minimum absolute atomic E-state index is 0.00412. The van der Waals surface area contributed by atoms with Crippen molar-refractivity contribution in [1.29, 1.82) is 0 Å².